The van der Waals surface area contributed by atoms with E-state index >= 15 is 0 Å². The molecule has 0 radical (unpaired) electrons. The molecule has 0 aliphatic carbocycles. The summed E-state index contributed by atoms with van der Waals surface area (Å²) in [6.45, 7) is 0. The molecule has 3 N–H and O–H groups in total. The molecule has 2 aliphatic rings. The minimum absolute atomic E-state index is 0.00559. The number of sulfone groups is 1. The van der Waals surface area contributed by atoms with Crippen molar-refractivity contribution in [2.75, 3.05) is 11.1 Å². The predicted octanol–water partition coefficient (Wildman–Crippen LogP) is 1.64. The zero-order chi connectivity index (χ0) is 18.0. The Bertz CT molecular complexity index is 766. The van der Waals surface area contributed by atoms with Crippen LogP contribution in [-0.4, -0.2) is 43.4 Å². The van der Waals surface area contributed by atoms with E-state index in [2.05, 4.69) is 38.5 Å². The largest absolute Gasteiger partial charge is 0.332 e. The van der Waals surface area contributed by atoms with E-state index in [0.29, 0.717) is 25.7 Å². The Morgan fingerprint density at radius 2 is 1.92 bits per heavy atom. The lowest BCUT2D eigenvalue weighted by Gasteiger charge is -2.16. The first kappa shape index (κ1) is 18.4. The van der Waals surface area contributed by atoms with Crippen LogP contribution in [0.15, 0.2) is 24.3 Å². The van der Waals surface area contributed by atoms with Gasteiger partial charge in [0, 0.05) is 15.7 Å². The number of hydrogen-bond acceptors (Lipinski definition) is 4. The average Bonchev–Trinajstić information content (AvgIpc) is 2.98. The van der Waals surface area contributed by atoms with Gasteiger partial charge in [-0.1, -0.05) is 6.42 Å². The van der Waals surface area contributed by atoms with Crippen LogP contribution >= 0.6 is 22.6 Å². The highest BCUT2D eigenvalue weighted by molar-refractivity contribution is 14.1. The van der Waals surface area contributed by atoms with Crippen LogP contribution in [0.3, 0.4) is 0 Å². The standard InChI is InChI=1S/C16H20IN3O4S/c17-10-5-7-11(8-6-10)18-14(21)4-2-1-3-13-15-12(9-25(13,23)24)19-16(22)20-15/h5-8,12-13,15H,1-4,9H2,(H,18,21)(H2,19,20,22)/t12-,13+,15-/m0/s1. The quantitative estimate of drug-likeness (QED) is 0.329. The van der Waals surface area contributed by atoms with Gasteiger partial charge in [0.2, 0.25) is 5.91 Å². The Hall–Kier alpha value is -1.36. The molecule has 0 aromatic heterocycles. The number of urea groups is 1. The van der Waals surface area contributed by atoms with Gasteiger partial charge in [-0.2, -0.15) is 0 Å². The van der Waals surface area contributed by atoms with Crippen LogP contribution in [0.5, 0.6) is 0 Å². The molecule has 1 aromatic carbocycles. The van der Waals surface area contributed by atoms with E-state index in [1.807, 2.05) is 24.3 Å². The summed E-state index contributed by atoms with van der Waals surface area (Å²) in [6, 6.07) is 6.56. The van der Waals surface area contributed by atoms with Gasteiger partial charge in [-0.25, -0.2) is 13.2 Å². The smallest absolute Gasteiger partial charge is 0.315 e. The fourth-order valence-corrected chi connectivity index (χ4v) is 6.02. The van der Waals surface area contributed by atoms with Gasteiger partial charge < -0.3 is 16.0 Å². The molecule has 3 amide bonds. The lowest BCUT2D eigenvalue weighted by molar-refractivity contribution is -0.116. The van der Waals surface area contributed by atoms with Crippen molar-refractivity contribution in [2.24, 2.45) is 0 Å². The Morgan fingerprint density at radius 3 is 2.64 bits per heavy atom. The van der Waals surface area contributed by atoms with Crippen molar-refractivity contribution in [1.82, 2.24) is 10.6 Å². The first-order valence-electron chi connectivity index (χ1n) is 8.19. The highest BCUT2D eigenvalue weighted by Crippen LogP contribution is 2.28. The molecule has 0 unspecified atom stereocenters. The Balaban J connectivity index is 1.44. The minimum Gasteiger partial charge on any atom is -0.332 e. The summed E-state index contributed by atoms with van der Waals surface area (Å²) >= 11 is 2.20. The molecule has 1 aromatic rings. The summed E-state index contributed by atoms with van der Waals surface area (Å²) in [5.41, 5.74) is 0.756. The van der Waals surface area contributed by atoms with Gasteiger partial charge >= 0.3 is 6.03 Å². The summed E-state index contributed by atoms with van der Waals surface area (Å²) in [6.07, 6.45) is 2.05. The van der Waals surface area contributed by atoms with Gasteiger partial charge in [0.15, 0.2) is 9.84 Å². The minimum atomic E-state index is -3.20. The molecular formula is C16H20IN3O4S. The Morgan fingerprint density at radius 1 is 1.20 bits per heavy atom. The third-order valence-electron chi connectivity index (χ3n) is 4.59. The number of rotatable bonds is 6. The lowest BCUT2D eigenvalue weighted by atomic mass is 10.0. The number of carbonyl (C=O) groups excluding carboxylic acids is 2. The molecule has 2 aliphatic heterocycles. The van der Waals surface area contributed by atoms with E-state index in [1.54, 1.807) is 0 Å². The highest BCUT2D eigenvalue weighted by atomic mass is 127. The highest BCUT2D eigenvalue weighted by Gasteiger charge is 2.51. The van der Waals surface area contributed by atoms with Crippen LogP contribution in [0, 0.1) is 3.57 Å². The van der Waals surface area contributed by atoms with Crippen LogP contribution in [0.25, 0.3) is 0 Å². The van der Waals surface area contributed by atoms with Gasteiger partial charge in [0.25, 0.3) is 0 Å². The Kier molecular flexibility index (Phi) is 5.52. The van der Waals surface area contributed by atoms with Crippen molar-refractivity contribution in [2.45, 2.75) is 43.0 Å². The second-order valence-electron chi connectivity index (χ2n) is 6.42. The number of halogens is 1. The summed E-state index contributed by atoms with van der Waals surface area (Å²) in [5, 5.41) is 7.62. The molecule has 2 saturated heterocycles. The van der Waals surface area contributed by atoms with Crippen molar-refractivity contribution in [3.05, 3.63) is 27.8 Å². The fraction of sp³-hybridized carbons (Fsp3) is 0.500. The van der Waals surface area contributed by atoms with Gasteiger partial charge in [-0.15, -0.1) is 0 Å². The number of amides is 3. The van der Waals surface area contributed by atoms with Gasteiger partial charge in [0.05, 0.1) is 23.1 Å². The zero-order valence-electron chi connectivity index (χ0n) is 13.5. The van der Waals surface area contributed by atoms with E-state index in [-0.39, 0.29) is 29.8 Å². The number of unbranched alkanes of at least 4 members (excludes halogenated alkanes) is 1. The molecule has 0 spiro atoms. The molecule has 25 heavy (non-hydrogen) atoms. The molecule has 136 valence electrons. The average molecular weight is 477 g/mol. The van der Waals surface area contributed by atoms with Crippen molar-refractivity contribution in [3.63, 3.8) is 0 Å². The summed E-state index contributed by atoms with van der Waals surface area (Å²) in [7, 11) is -3.20. The van der Waals surface area contributed by atoms with Crippen LogP contribution in [-0.2, 0) is 14.6 Å². The molecule has 7 nitrogen and oxygen atoms in total. The van der Waals surface area contributed by atoms with Crippen LogP contribution in [0.4, 0.5) is 10.5 Å². The van der Waals surface area contributed by atoms with Crippen molar-refractivity contribution in [3.8, 4) is 0 Å². The maximum atomic E-state index is 12.2. The third-order valence-corrected chi connectivity index (χ3v) is 7.59. The number of carbonyl (C=O) groups is 2. The molecule has 2 heterocycles. The summed E-state index contributed by atoms with van der Waals surface area (Å²) in [4.78, 5) is 23.3. The van der Waals surface area contributed by atoms with E-state index in [0.717, 1.165) is 9.26 Å². The maximum absolute atomic E-state index is 12.2. The lowest BCUT2D eigenvalue weighted by Crippen LogP contribution is -2.39. The van der Waals surface area contributed by atoms with Gasteiger partial charge in [-0.3, -0.25) is 4.79 Å². The molecule has 0 saturated carbocycles. The molecule has 0 bridgehead atoms. The van der Waals surface area contributed by atoms with Crippen LogP contribution in [0.2, 0.25) is 0 Å². The van der Waals surface area contributed by atoms with E-state index in [9.17, 15) is 18.0 Å². The van der Waals surface area contributed by atoms with Crippen molar-refractivity contribution in [1.29, 1.82) is 0 Å². The third kappa shape index (κ3) is 4.43. The number of nitrogens with one attached hydrogen (secondary N) is 3. The monoisotopic (exact) mass is 477 g/mol. The zero-order valence-corrected chi connectivity index (χ0v) is 16.5. The number of anilines is 1. The fourth-order valence-electron chi connectivity index (χ4n) is 3.39. The molecule has 3 rings (SSSR count). The van der Waals surface area contributed by atoms with Gasteiger partial charge in [0.1, 0.15) is 0 Å². The van der Waals surface area contributed by atoms with E-state index < -0.39 is 15.1 Å². The summed E-state index contributed by atoms with van der Waals surface area (Å²) < 4.78 is 25.5. The van der Waals surface area contributed by atoms with Crippen LogP contribution in [0.1, 0.15) is 25.7 Å². The first-order chi connectivity index (χ1) is 11.8. The normalized spacial score (nSPS) is 26.6. The number of benzene rings is 1. The van der Waals surface area contributed by atoms with Crippen molar-refractivity contribution >= 4 is 50.1 Å². The number of hydrogen-bond donors (Lipinski definition) is 3. The Labute approximate surface area is 160 Å². The second-order valence-corrected chi connectivity index (χ2v) is 9.93. The molecular weight excluding hydrogens is 457 g/mol. The summed E-state index contributed by atoms with van der Waals surface area (Å²) in [5.74, 6) is -0.0850. The van der Waals surface area contributed by atoms with Crippen molar-refractivity contribution < 1.29 is 18.0 Å². The molecule has 2 fully saturated rings. The SMILES string of the molecule is O=C(CCCC[C@@H]1[C@H]2NC(=O)N[C@H]2CS1(=O)=O)Nc1ccc(I)cc1. The van der Waals surface area contributed by atoms with E-state index in [4.69, 9.17) is 0 Å². The second kappa shape index (κ2) is 7.48. The maximum Gasteiger partial charge on any atom is 0.315 e. The molecule has 9 heteroatoms. The number of fused-ring (bicyclic) bond motifs is 1. The topological polar surface area (TPSA) is 104 Å². The van der Waals surface area contributed by atoms with Gasteiger partial charge in [-0.05, 0) is 59.7 Å². The van der Waals surface area contributed by atoms with Crippen LogP contribution < -0.4 is 16.0 Å². The molecule has 3 atom stereocenters. The van der Waals surface area contributed by atoms with E-state index in [1.165, 1.54) is 0 Å². The predicted molar refractivity (Wildman–Crippen MR) is 103 cm³/mol. The first-order valence-corrected chi connectivity index (χ1v) is 11.0.